The molecule has 0 aromatic heterocycles. The van der Waals surface area contributed by atoms with Gasteiger partial charge in [0.2, 0.25) is 5.91 Å². The number of carbonyl (C=O) groups is 1. The highest BCUT2D eigenvalue weighted by atomic mass is 79.9. The summed E-state index contributed by atoms with van der Waals surface area (Å²) >= 11 is 3.48. The summed E-state index contributed by atoms with van der Waals surface area (Å²) in [4.78, 5) is 11.9. The first-order valence-corrected chi connectivity index (χ1v) is 8.89. The summed E-state index contributed by atoms with van der Waals surface area (Å²) in [5.74, 6) is 0.0499. The van der Waals surface area contributed by atoms with Crippen LogP contribution in [-0.4, -0.2) is 19.0 Å². The zero-order valence-electron chi connectivity index (χ0n) is 13.3. The second kappa shape index (κ2) is 9.11. The van der Waals surface area contributed by atoms with Crippen molar-refractivity contribution in [3.05, 3.63) is 39.9 Å². The average molecular weight is 365 g/mol. The molecule has 0 fully saturated rings. The number of halogens is 1. The van der Waals surface area contributed by atoms with Crippen LogP contribution in [0, 0.1) is 6.92 Å². The Morgan fingerprint density at radius 3 is 2.86 bits per heavy atom. The van der Waals surface area contributed by atoms with Crippen molar-refractivity contribution in [2.24, 2.45) is 0 Å². The molecule has 3 nitrogen and oxygen atoms in total. The van der Waals surface area contributed by atoms with Crippen LogP contribution in [0.5, 0.6) is 0 Å². The molecule has 22 heavy (non-hydrogen) atoms. The van der Waals surface area contributed by atoms with Gasteiger partial charge in [0.25, 0.3) is 0 Å². The fourth-order valence-corrected chi connectivity index (χ4v) is 3.23. The minimum absolute atomic E-state index is 0.0499. The Labute approximate surface area is 141 Å². The topological polar surface area (TPSA) is 41.1 Å². The van der Waals surface area contributed by atoms with Crippen LogP contribution in [-0.2, 0) is 4.79 Å². The van der Waals surface area contributed by atoms with Crippen LogP contribution in [0.3, 0.4) is 0 Å². The van der Waals surface area contributed by atoms with Gasteiger partial charge in [-0.15, -0.1) is 0 Å². The highest BCUT2D eigenvalue weighted by Gasteiger charge is 2.06. The smallest absolute Gasteiger partial charge is 0.225 e. The summed E-state index contributed by atoms with van der Waals surface area (Å²) in [7, 11) is 0. The van der Waals surface area contributed by atoms with Gasteiger partial charge in [0.05, 0.1) is 5.69 Å². The van der Waals surface area contributed by atoms with Crippen LogP contribution in [0.25, 0.3) is 0 Å². The first-order chi connectivity index (χ1) is 10.6. The Bertz CT molecular complexity index is 540. The number of benzene rings is 1. The number of aryl methyl sites for hydroxylation is 1. The molecule has 0 saturated heterocycles. The van der Waals surface area contributed by atoms with Gasteiger partial charge in [0.1, 0.15) is 0 Å². The zero-order valence-corrected chi connectivity index (χ0v) is 14.8. The van der Waals surface area contributed by atoms with Crippen LogP contribution >= 0.6 is 15.9 Å². The number of carbonyl (C=O) groups excluding carboxylic acids is 1. The molecule has 0 spiro atoms. The van der Waals surface area contributed by atoms with Crippen LogP contribution in [0.4, 0.5) is 5.69 Å². The quantitative estimate of drug-likeness (QED) is 0.549. The molecule has 2 N–H and O–H groups in total. The van der Waals surface area contributed by atoms with Crippen molar-refractivity contribution < 1.29 is 4.79 Å². The van der Waals surface area contributed by atoms with E-state index in [1.54, 1.807) is 5.57 Å². The molecule has 1 aromatic rings. The fraction of sp³-hybridized carbons (Fsp3) is 0.500. The number of hydrogen-bond donors (Lipinski definition) is 2. The number of amides is 1. The molecule has 1 aliphatic carbocycles. The van der Waals surface area contributed by atoms with Gasteiger partial charge in [-0.2, -0.15) is 0 Å². The molecule has 0 aliphatic heterocycles. The number of hydrogen-bond acceptors (Lipinski definition) is 2. The average Bonchev–Trinajstić information content (AvgIpc) is 2.51. The van der Waals surface area contributed by atoms with Crippen molar-refractivity contribution in [1.29, 1.82) is 0 Å². The predicted octanol–water partition coefficient (Wildman–Crippen LogP) is 4.57. The summed E-state index contributed by atoms with van der Waals surface area (Å²) in [6, 6.07) is 5.93. The fourth-order valence-electron chi connectivity index (χ4n) is 2.64. The van der Waals surface area contributed by atoms with E-state index >= 15 is 0 Å². The number of rotatable bonds is 7. The third-order valence-corrected chi connectivity index (χ3v) is 4.59. The van der Waals surface area contributed by atoms with Gasteiger partial charge in [0, 0.05) is 17.4 Å². The zero-order chi connectivity index (χ0) is 15.8. The number of nitrogens with one attached hydrogen (secondary N) is 2. The summed E-state index contributed by atoms with van der Waals surface area (Å²) in [5.41, 5.74) is 3.58. The Hall–Kier alpha value is -1.13. The van der Waals surface area contributed by atoms with Crippen LogP contribution < -0.4 is 10.6 Å². The van der Waals surface area contributed by atoms with Crippen molar-refractivity contribution in [3.8, 4) is 0 Å². The van der Waals surface area contributed by atoms with Crippen molar-refractivity contribution in [2.45, 2.75) is 45.4 Å². The molecule has 2 rings (SSSR count). The molecule has 1 aliphatic rings. The molecule has 0 atom stereocenters. The highest BCUT2D eigenvalue weighted by molar-refractivity contribution is 9.10. The van der Waals surface area contributed by atoms with E-state index in [9.17, 15) is 4.79 Å². The lowest BCUT2D eigenvalue weighted by Gasteiger charge is -2.13. The standard InChI is InChI=1S/C18H25BrN2O/c1-14-7-8-17(16(19)13-14)21-18(22)10-12-20-11-9-15-5-3-2-4-6-15/h5,7-8,13,20H,2-4,6,9-12H2,1H3,(H,21,22). The van der Waals surface area contributed by atoms with Gasteiger partial charge in [-0.25, -0.2) is 0 Å². The minimum atomic E-state index is 0.0499. The molecule has 4 heteroatoms. The maximum absolute atomic E-state index is 11.9. The Kier molecular flexibility index (Phi) is 7.13. The molecular formula is C18H25BrN2O. The monoisotopic (exact) mass is 364 g/mol. The summed E-state index contributed by atoms with van der Waals surface area (Å²) in [5, 5.41) is 6.30. The largest absolute Gasteiger partial charge is 0.325 e. The maximum Gasteiger partial charge on any atom is 0.225 e. The van der Waals surface area contributed by atoms with Crippen LogP contribution in [0.15, 0.2) is 34.3 Å². The molecule has 0 radical (unpaired) electrons. The third kappa shape index (κ3) is 5.93. The summed E-state index contributed by atoms with van der Waals surface area (Å²) < 4.78 is 0.929. The van der Waals surface area contributed by atoms with E-state index < -0.39 is 0 Å². The van der Waals surface area contributed by atoms with E-state index in [1.807, 2.05) is 25.1 Å². The molecule has 120 valence electrons. The van der Waals surface area contributed by atoms with Crippen molar-refractivity contribution in [1.82, 2.24) is 5.32 Å². The van der Waals surface area contributed by atoms with Gasteiger partial charge >= 0.3 is 0 Å². The van der Waals surface area contributed by atoms with E-state index in [1.165, 1.54) is 31.2 Å². The van der Waals surface area contributed by atoms with Gasteiger partial charge in [-0.3, -0.25) is 4.79 Å². The SMILES string of the molecule is Cc1ccc(NC(=O)CCNCCC2=CCCCC2)c(Br)c1. The lowest BCUT2D eigenvalue weighted by atomic mass is 9.97. The van der Waals surface area contributed by atoms with Crippen LogP contribution in [0.2, 0.25) is 0 Å². The van der Waals surface area contributed by atoms with Gasteiger partial charge < -0.3 is 10.6 Å². The van der Waals surface area contributed by atoms with E-state index in [-0.39, 0.29) is 5.91 Å². The number of allylic oxidation sites excluding steroid dienone is 1. The van der Waals surface area contributed by atoms with Crippen LogP contribution in [0.1, 0.15) is 44.1 Å². The van der Waals surface area contributed by atoms with Gasteiger partial charge in [0.15, 0.2) is 0 Å². The molecule has 0 unspecified atom stereocenters. The molecule has 0 bridgehead atoms. The second-order valence-corrected chi connectivity index (χ2v) is 6.74. The molecule has 0 saturated carbocycles. The molecular weight excluding hydrogens is 340 g/mol. The minimum Gasteiger partial charge on any atom is -0.325 e. The Morgan fingerprint density at radius 2 is 2.14 bits per heavy atom. The Balaban J connectivity index is 1.62. The highest BCUT2D eigenvalue weighted by Crippen LogP contribution is 2.23. The first kappa shape index (κ1) is 17.2. The summed E-state index contributed by atoms with van der Waals surface area (Å²) in [6.45, 7) is 3.72. The normalized spacial score (nSPS) is 14.5. The first-order valence-electron chi connectivity index (χ1n) is 8.10. The van der Waals surface area contributed by atoms with E-state index in [0.29, 0.717) is 6.42 Å². The van der Waals surface area contributed by atoms with Gasteiger partial charge in [-0.05, 0) is 79.2 Å². The molecule has 1 aromatic carbocycles. The third-order valence-electron chi connectivity index (χ3n) is 3.94. The van der Waals surface area contributed by atoms with E-state index in [0.717, 1.165) is 29.7 Å². The summed E-state index contributed by atoms with van der Waals surface area (Å²) in [6.07, 6.45) is 9.16. The second-order valence-electron chi connectivity index (χ2n) is 5.89. The maximum atomic E-state index is 11.9. The lowest BCUT2D eigenvalue weighted by Crippen LogP contribution is -2.23. The van der Waals surface area contributed by atoms with E-state index in [4.69, 9.17) is 0 Å². The van der Waals surface area contributed by atoms with Crippen molar-refractivity contribution in [3.63, 3.8) is 0 Å². The lowest BCUT2D eigenvalue weighted by molar-refractivity contribution is -0.116. The van der Waals surface area contributed by atoms with E-state index in [2.05, 4.69) is 32.6 Å². The Morgan fingerprint density at radius 1 is 1.27 bits per heavy atom. The molecule has 1 amide bonds. The predicted molar refractivity (Wildman–Crippen MR) is 96.2 cm³/mol. The van der Waals surface area contributed by atoms with Crippen molar-refractivity contribution in [2.75, 3.05) is 18.4 Å². The number of anilines is 1. The van der Waals surface area contributed by atoms with Crippen molar-refractivity contribution >= 4 is 27.5 Å². The molecule has 0 heterocycles. The van der Waals surface area contributed by atoms with Gasteiger partial charge in [-0.1, -0.05) is 17.7 Å².